The second-order valence-corrected chi connectivity index (χ2v) is 8.32. The Morgan fingerprint density at radius 3 is 2.81 bits per heavy atom. The molecule has 0 bridgehead atoms. The molecule has 1 heterocycles. The van der Waals surface area contributed by atoms with Crippen molar-refractivity contribution in [3.05, 3.63) is 35.1 Å². The summed E-state index contributed by atoms with van der Waals surface area (Å²) in [5.41, 5.74) is 0.917. The molecule has 1 N–H and O–H groups in total. The molecular formula is C19H25ClN4OS. The van der Waals surface area contributed by atoms with E-state index >= 15 is 0 Å². The molecule has 2 aromatic rings. The van der Waals surface area contributed by atoms with Crippen LogP contribution in [0, 0.1) is 5.92 Å². The molecule has 0 aliphatic heterocycles. The molecule has 1 saturated carbocycles. The molecule has 1 aromatic carbocycles. The predicted octanol–water partition coefficient (Wildman–Crippen LogP) is 4.79. The van der Waals surface area contributed by atoms with Crippen molar-refractivity contribution in [2.24, 2.45) is 5.92 Å². The van der Waals surface area contributed by atoms with Gasteiger partial charge >= 0.3 is 0 Å². The Kier molecular flexibility index (Phi) is 6.59. The first kappa shape index (κ1) is 19.2. The average Bonchev–Trinajstić information content (AvgIpc) is 3.04. The van der Waals surface area contributed by atoms with Gasteiger partial charge in [-0.25, -0.2) is 0 Å². The Morgan fingerprint density at radius 1 is 1.35 bits per heavy atom. The molecular weight excluding hydrogens is 368 g/mol. The van der Waals surface area contributed by atoms with Gasteiger partial charge in [0.2, 0.25) is 5.91 Å². The summed E-state index contributed by atoms with van der Waals surface area (Å²) in [6.07, 6.45) is 6.62. The molecule has 140 valence electrons. The molecule has 1 atom stereocenters. The van der Waals surface area contributed by atoms with Crippen LogP contribution >= 0.6 is 23.4 Å². The third kappa shape index (κ3) is 4.80. The summed E-state index contributed by atoms with van der Waals surface area (Å²) in [6, 6.07) is 7.42. The van der Waals surface area contributed by atoms with Crippen LogP contribution in [0.25, 0.3) is 5.69 Å². The zero-order valence-electron chi connectivity index (χ0n) is 15.2. The molecule has 7 heteroatoms. The summed E-state index contributed by atoms with van der Waals surface area (Å²) in [7, 11) is 0. The van der Waals surface area contributed by atoms with E-state index in [2.05, 4.69) is 15.5 Å². The van der Waals surface area contributed by atoms with E-state index in [-0.39, 0.29) is 11.9 Å². The summed E-state index contributed by atoms with van der Waals surface area (Å²) in [4.78, 5) is 11.5. The lowest BCUT2D eigenvalue weighted by Gasteiger charge is -2.21. The SMILES string of the molecule is CC(=O)N[C@@H](C)c1nnc(SCC2CCCCC2)n1-c1cccc(Cl)c1. The fourth-order valence-electron chi connectivity index (χ4n) is 3.43. The number of nitrogens with zero attached hydrogens (tertiary/aromatic N) is 3. The Hall–Kier alpha value is -1.53. The van der Waals surface area contributed by atoms with Crippen LogP contribution in [0.3, 0.4) is 0 Å². The van der Waals surface area contributed by atoms with Gasteiger partial charge in [-0.3, -0.25) is 9.36 Å². The highest BCUT2D eigenvalue weighted by molar-refractivity contribution is 7.99. The van der Waals surface area contributed by atoms with Crippen molar-refractivity contribution in [3.8, 4) is 5.69 Å². The highest BCUT2D eigenvalue weighted by Crippen LogP contribution is 2.32. The molecule has 0 radical (unpaired) electrons. The minimum atomic E-state index is -0.233. The third-order valence-corrected chi connectivity index (χ3v) is 6.10. The molecule has 26 heavy (non-hydrogen) atoms. The number of amides is 1. The zero-order chi connectivity index (χ0) is 18.5. The maximum Gasteiger partial charge on any atom is 0.217 e. The smallest absolute Gasteiger partial charge is 0.217 e. The van der Waals surface area contributed by atoms with Crippen LogP contribution in [0.4, 0.5) is 0 Å². The molecule has 1 aromatic heterocycles. The first-order valence-corrected chi connectivity index (χ1v) is 10.5. The van der Waals surface area contributed by atoms with Crippen LogP contribution in [0.2, 0.25) is 5.02 Å². The molecule has 1 amide bonds. The number of thioether (sulfide) groups is 1. The quantitative estimate of drug-likeness (QED) is 0.718. The second-order valence-electron chi connectivity index (χ2n) is 6.89. The monoisotopic (exact) mass is 392 g/mol. The van der Waals surface area contributed by atoms with E-state index in [0.29, 0.717) is 10.8 Å². The average molecular weight is 393 g/mol. The Labute approximate surface area is 163 Å². The molecule has 0 saturated heterocycles. The first-order chi connectivity index (χ1) is 12.5. The van der Waals surface area contributed by atoms with Crippen LogP contribution in [-0.2, 0) is 4.79 Å². The summed E-state index contributed by atoms with van der Waals surface area (Å²) >= 11 is 7.94. The van der Waals surface area contributed by atoms with Crippen LogP contribution in [0.5, 0.6) is 0 Å². The number of carbonyl (C=O) groups excluding carboxylic acids is 1. The second kappa shape index (κ2) is 8.91. The summed E-state index contributed by atoms with van der Waals surface area (Å²) in [5.74, 6) is 2.42. The lowest BCUT2D eigenvalue weighted by atomic mass is 9.91. The zero-order valence-corrected chi connectivity index (χ0v) is 16.8. The predicted molar refractivity (Wildman–Crippen MR) is 106 cm³/mol. The van der Waals surface area contributed by atoms with E-state index in [1.165, 1.54) is 39.0 Å². The molecule has 1 aliphatic rings. The Bertz CT molecular complexity index is 758. The summed E-state index contributed by atoms with van der Waals surface area (Å²) < 4.78 is 2.01. The number of rotatable bonds is 6. The number of aromatic nitrogens is 3. The van der Waals surface area contributed by atoms with E-state index in [1.54, 1.807) is 11.8 Å². The van der Waals surface area contributed by atoms with Gasteiger partial charge in [0.1, 0.15) is 0 Å². The van der Waals surface area contributed by atoms with Gasteiger partial charge in [-0.05, 0) is 43.9 Å². The third-order valence-electron chi connectivity index (χ3n) is 4.70. The van der Waals surface area contributed by atoms with Crippen molar-refractivity contribution in [1.82, 2.24) is 20.1 Å². The van der Waals surface area contributed by atoms with Crippen molar-refractivity contribution < 1.29 is 4.79 Å². The number of benzene rings is 1. The largest absolute Gasteiger partial charge is 0.347 e. The van der Waals surface area contributed by atoms with E-state index < -0.39 is 0 Å². The van der Waals surface area contributed by atoms with Crippen LogP contribution < -0.4 is 5.32 Å². The lowest BCUT2D eigenvalue weighted by molar-refractivity contribution is -0.119. The van der Waals surface area contributed by atoms with E-state index in [9.17, 15) is 4.79 Å². The van der Waals surface area contributed by atoms with Gasteiger partial charge in [-0.2, -0.15) is 0 Å². The van der Waals surface area contributed by atoms with Gasteiger partial charge in [-0.15, -0.1) is 10.2 Å². The molecule has 0 unspecified atom stereocenters. The maximum atomic E-state index is 11.5. The van der Waals surface area contributed by atoms with E-state index in [4.69, 9.17) is 11.6 Å². The molecule has 1 fully saturated rings. The summed E-state index contributed by atoms with van der Waals surface area (Å²) in [5, 5.41) is 13.2. The van der Waals surface area contributed by atoms with Crippen LogP contribution in [0.1, 0.15) is 57.8 Å². The lowest BCUT2D eigenvalue weighted by Crippen LogP contribution is -2.26. The van der Waals surface area contributed by atoms with Gasteiger partial charge in [0.15, 0.2) is 11.0 Å². The van der Waals surface area contributed by atoms with Crippen molar-refractivity contribution >= 4 is 29.3 Å². The van der Waals surface area contributed by atoms with Crippen LogP contribution in [-0.4, -0.2) is 26.4 Å². The molecule has 3 rings (SSSR count). The van der Waals surface area contributed by atoms with Gasteiger partial charge in [0.05, 0.1) is 11.7 Å². The number of hydrogen-bond acceptors (Lipinski definition) is 4. The molecule has 5 nitrogen and oxygen atoms in total. The number of carbonyl (C=O) groups is 1. The van der Waals surface area contributed by atoms with Gasteiger partial charge in [0, 0.05) is 17.7 Å². The van der Waals surface area contributed by atoms with E-state index in [1.807, 2.05) is 35.8 Å². The highest BCUT2D eigenvalue weighted by Gasteiger charge is 2.22. The maximum absolute atomic E-state index is 11.5. The van der Waals surface area contributed by atoms with Gasteiger partial charge in [0.25, 0.3) is 0 Å². The molecule has 0 spiro atoms. The fourth-order valence-corrected chi connectivity index (χ4v) is 4.76. The first-order valence-electron chi connectivity index (χ1n) is 9.15. The Balaban J connectivity index is 1.88. The van der Waals surface area contributed by atoms with Gasteiger partial charge in [-0.1, -0.05) is 48.7 Å². The number of nitrogens with one attached hydrogen (secondary N) is 1. The highest BCUT2D eigenvalue weighted by atomic mass is 35.5. The van der Waals surface area contributed by atoms with Crippen molar-refractivity contribution in [1.29, 1.82) is 0 Å². The number of halogens is 1. The normalized spacial score (nSPS) is 16.4. The number of hydrogen-bond donors (Lipinski definition) is 1. The minimum Gasteiger partial charge on any atom is -0.347 e. The van der Waals surface area contributed by atoms with Crippen molar-refractivity contribution in [2.45, 2.75) is 57.1 Å². The van der Waals surface area contributed by atoms with Crippen molar-refractivity contribution in [3.63, 3.8) is 0 Å². The standard InChI is InChI=1S/C19H25ClN4OS/c1-13(21-14(2)25)18-22-23-19(26-12-15-7-4-3-5-8-15)24(18)17-10-6-9-16(20)11-17/h6,9-11,13,15H,3-5,7-8,12H2,1-2H3,(H,21,25)/t13-/m0/s1. The van der Waals surface area contributed by atoms with E-state index in [0.717, 1.165) is 22.5 Å². The Morgan fingerprint density at radius 2 is 2.12 bits per heavy atom. The summed E-state index contributed by atoms with van der Waals surface area (Å²) in [6.45, 7) is 3.43. The van der Waals surface area contributed by atoms with Crippen molar-refractivity contribution in [2.75, 3.05) is 5.75 Å². The topological polar surface area (TPSA) is 59.8 Å². The van der Waals surface area contributed by atoms with Gasteiger partial charge < -0.3 is 5.32 Å². The minimum absolute atomic E-state index is 0.0884. The molecule has 1 aliphatic carbocycles. The fraction of sp³-hybridized carbons (Fsp3) is 0.526. The van der Waals surface area contributed by atoms with Crippen LogP contribution in [0.15, 0.2) is 29.4 Å².